The van der Waals surface area contributed by atoms with Gasteiger partial charge < -0.3 is 5.32 Å². The average Bonchev–Trinajstić information content (AvgIpc) is 2.15. The Labute approximate surface area is 102 Å². The van der Waals surface area contributed by atoms with Crippen LogP contribution in [0.15, 0.2) is 18.2 Å². The summed E-state index contributed by atoms with van der Waals surface area (Å²) in [5.41, 5.74) is 0.981. The van der Waals surface area contributed by atoms with Gasteiger partial charge in [0.2, 0.25) is 0 Å². The fourth-order valence-corrected chi connectivity index (χ4v) is 1.84. The zero-order chi connectivity index (χ0) is 12.0. The first-order valence-corrected chi connectivity index (χ1v) is 6.14. The first-order valence-electron chi connectivity index (χ1n) is 5.76. The molecule has 1 aromatic carbocycles. The molecule has 0 saturated heterocycles. The standard InChI is InChI=1S/C13H19ClFN/c1-10(2)16-6-4-3-5-11-7-12(14)9-13(15)8-11/h7-10,16H,3-6H2,1-2H3. The Balaban J connectivity index is 2.26. The molecule has 1 N–H and O–H groups in total. The van der Waals surface area contributed by atoms with Gasteiger partial charge in [0.15, 0.2) is 0 Å². The van der Waals surface area contributed by atoms with E-state index in [1.807, 2.05) is 6.07 Å². The quantitative estimate of drug-likeness (QED) is 0.750. The van der Waals surface area contributed by atoms with Gasteiger partial charge >= 0.3 is 0 Å². The molecule has 0 heterocycles. The number of hydrogen-bond donors (Lipinski definition) is 1. The van der Waals surface area contributed by atoms with Crippen molar-refractivity contribution in [2.24, 2.45) is 0 Å². The molecule has 0 amide bonds. The highest BCUT2D eigenvalue weighted by molar-refractivity contribution is 6.30. The first-order chi connectivity index (χ1) is 7.58. The van der Waals surface area contributed by atoms with Gasteiger partial charge in [-0.15, -0.1) is 0 Å². The Morgan fingerprint density at radius 1 is 1.25 bits per heavy atom. The minimum absolute atomic E-state index is 0.247. The fraction of sp³-hybridized carbons (Fsp3) is 0.538. The lowest BCUT2D eigenvalue weighted by molar-refractivity contribution is 0.557. The Bertz CT molecular complexity index is 305. The van der Waals surface area contributed by atoms with Crippen LogP contribution in [0.4, 0.5) is 4.39 Å². The molecule has 0 aliphatic heterocycles. The van der Waals surface area contributed by atoms with Gasteiger partial charge in [-0.1, -0.05) is 25.4 Å². The van der Waals surface area contributed by atoms with Crippen LogP contribution in [0.2, 0.25) is 5.02 Å². The van der Waals surface area contributed by atoms with Crippen LogP contribution in [-0.4, -0.2) is 12.6 Å². The second-order valence-corrected chi connectivity index (χ2v) is 4.78. The molecule has 0 atom stereocenters. The van der Waals surface area contributed by atoms with Crippen molar-refractivity contribution in [1.82, 2.24) is 5.32 Å². The lowest BCUT2D eigenvalue weighted by Gasteiger charge is -2.07. The monoisotopic (exact) mass is 243 g/mol. The van der Waals surface area contributed by atoms with Crippen molar-refractivity contribution < 1.29 is 4.39 Å². The molecule has 0 bridgehead atoms. The van der Waals surface area contributed by atoms with Crippen LogP contribution in [0.5, 0.6) is 0 Å². The van der Waals surface area contributed by atoms with Crippen LogP contribution in [-0.2, 0) is 6.42 Å². The zero-order valence-corrected chi connectivity index (χ0v) is 10.6. The second-order valence-electron chi connectivity index (χ2n) is 4.34. The van der Waals surface area contributed by atoms with Crippen LogP contribution < -0.4 is 5.32 Å². The third-order valence-electron chi connectivity index (χ3n) is 2.37. The van der Waals surface area contributed by atoms with E-state index in [0.29, 0.717) is 11.1 Å². The van der Waals surface area contributed by atoms with E-state index < -0.39 is 0 Å². The third-order valence-corrected chi connectivity index (χ3v) is 2.59. The topological polar surface area (TPSA) is 12.0 Å². The highest BCUT2D eigenvalue weighted by atomic mass is 35.5. The molecule has 0 unspecified atom stereocenters. The molecule has 16 heavy (non-hydrogen) atoms. The summed E-state index contributed by atoms with van der Waals surface area (Å²) in [4.78, 5) is 0. The number of rotatable bonds is 6. The van der Waals surface area contributed by atoms with Gasteiger partial charge in [-0.05, 0) is 49.6 Å². The van der Waals surface area contributed by atoms with Gasteiger partial charge in [0.25, 0.3) is 0 Å². The minimum Gasteiger partial charge on any atom is -0.315 e. The molecule has 3 heteroatoms. The maximum absolute atomic E-state index is 13.0. The number of aryl methyl sites for hydroxylation is 1. The van der Waals surface area contributed by atoms with Crippen molar-refractivity contribution >= 4 is 11.6 Å². The van der Waals surface area contributed by atoms with Gasteiger partial charge in [-0.3, -0.25) is 0 Å². The third kappa shape index (κ3) is 5.47. The van der Waals surface area contributed by atoms with E-state index in [9.17, 15) is 4.39 Å². The number of hydrogen-bond acceptors (Lipinski definition) is 1. The summed E-state index contributed by atoms with van der Waals surface area (Å²) in [5, 5.41) is 3.84. The molecular weight excluding hydrogens is 225 g/mol. The van der Waals surface area contributed by atoms with Crippen LogP contribution in [0, 0.1) is 5.82 Å². The second kappa shape index (κ2) is 6.87. The Hall–Kier alpha value is -0.600. The number of halogens is 2. The minimum atomic E-state index is -0.247. The number of unbranched alkanes of at least 4 members (excludes halogenated alkanes) is 1. The lowest BCUT2D eigenvalue weighted by Crippen LogP contribution is -2.23. The Morgan fingerprint density at radius 2 is 2.00 bits per heavy atom. The summed E-state index contributed by atoms with van der Waals surface area (Å²) in [6.07, 6.45) is 3.04. The molecule has 1 aromatic rings. The molecule has 0 aliphatic rings. The summed E-state index contributed by atoms with van der Waals surface area (Å²) in [6, 6.07) is 5.26. The van der Waals surface area contributed by atoms with E-state index in [-0.39, 0.29) is 5.82 Å². The van der Waals surface area contributed by atoms with Crippen molar-refractivity contribution in [3.63, 3.8) is 0 Å². The Morgan fingerprint density at radius 3 is 2.62 bits per heavy atom. The van der Waals surface area contributed by atoms with Gasteiger partial charge in [-0.2, -0.15) is 0 Å². The van der Waals surface area contributed by atoms with E-state index in [4.69, 9.17) is 11.6 Å². The van der Waals surface area contributed by atoms with Crippen LogP contribution in [0.1, 0.15) is 32.3 Å². The number of benzene rings is 1. The van der Waals surface area contributed by atoms with E-state index in [0.717, 1.165) is 31.4 Å². The molecular formula is C13H19ClFN. The van der Waals surface area contributed by atoms with Crippen molar-refractivity contribution in [3.8, 4) is 0 Å². The van der Waals surface area contributed by atoms with E-state index in [2.05, 4.69) is 19.2 Å². The normalized spacial score (nSPS) is 11.1. The molecule has 0 spiro atoms. The summed E-state index contributed by atoms with van der Waals surface area (Å²) >= 11 is 5.78. The predicted molar refractivity (Wildman–Crippen MR) is 67.5 cm³/mol. The molecule has 0 radical (unpaired) electrons. The lowest BCUT2D eigenvalue weighted by atomic mass is 10.1. The van der Waals surface area contributed by atoms with Gasteiger partial charge in [0, 0.05) is 11.1 Å². The zero-order valence-electron chi connectivity index (χ0n) is 9.89. The van der Waals surface area contributed by atoms with E-state index in [1.54, 1.807) is 6.07 Å². The molecule has 1 nitrogen and oxygen atoms in total. The molecule has 1 rings (SSSR count). The first kappa shape index (κ1) is 13.5. The summed E-state index contributed by atoms with van der Waals surface area (Å²) in [6.45, 7) is 5.28. The van der Waals surface area contributed by atoms with Crippen molar-refractivity contribution in [1.29, 1.82) is 0 Å². The molecule has 90 valence electrons. The van der Waals surface area contributed by atoms with Crippen LogP contribution in [0.25, 0.3) is 0 Å². The maximum atomic E-state index is 13.0. The van der Waals surface area contributed by atoms with Gasteiger partial charge in [0.1, 0.15) is 5.82 Å². The van der Waals surface area contributed by atoms with E-state index in [1.165, 1.54) is 6.07 Å². The summed E-state index contributed by atoms with van der Waals surface area (Å²) in [7, 11) is 0. The number of nitrogens with one attached hydrogen (secondary N) is 1. The molecule has 0 aromatic heterocycles. The van der Waals surface area contributed by atoms with Gasteiger partial charge in [0.05, 0.1) is 0 Å². The molecule has 0 aliphatic carbocycles. The average molecular weight is 244 g/mol. The highest BCUT2D eigenvalue weighted by Gasteiger charge is 1.99. The highest BCUT2D eigenvalue weighted by Crippen LogP contribution is 2.15. The van der Waals surface area contributed by atoms with Gasteiger partial charge in [-0.25, -0.2) is 4.39 Å². The summed E-state index contributed by atoms with van der Waals surface area (Å²) < 4.78 is 13.0. The fourth-order valence-electron chi connectivity index (χ4n) is 1.60. The predicted octanol–water partition coefficient (Wildman–Crippen LogP) is 3.80. The molecule has 0 saturated carbocycles. The smallest absolute Gasteiger partial charge is 0.124 e. The van der Waals surface area contributed by atoms with Crippen LogP contribution >= 0.6 is 11.6 Å². The Kier molecular flexibility index (Phi) is 5.78. The largest absolute Gasteiger partial charge is 0.315 e. The van der Waals surface area contributed by atoms with Crippen molar-refractivity contribution in [2.75, 3.05) is 6.54 Å². The van der Waals surface area contributed by atoms with Crippen LogP contribution in [0.3, 0.4) is 0 Å². The van der Waals surface area contributed by atoms with E-state index >= 15 is 0 Å². The molecule has 0 fully saturated rings. The summed E-state index contributed by atoms with van der Waals surface area (Å²) in [5.74, 6) is -0.247. The van der Waals surface area contributed by atoms with Crippen molar-refractivity contribution in [2.45, 2.75) is 39.2 Å². The SMILES string of the molecule is CC(C)NCCCCc1cc(F)cc(Cl)c1. The maximum Gasteiger partial charge on any atom is 0.124 e. The van der Waals surface area contributed by atoms with Crippen molar-refractivity contribution in [3.05, 3.63) is 34.6 Å².